The first-order valence-electron chi connectivity index (χ1n) is 23.5. The number of rotatable bonds is 6. The molecule has 1 unspecified atom stereocenters. The molecule has 5 heteroatoms. The van der Waals surface area contributed by atoms with Crippen molar-refractivity contribution >= 4 is 72.7 Å². The summed E-state index contributed by atoms with van der Waals surface area (Å²) in [6, 6.07) is 55.3. The lowest BCUT2D eigenvalue weighted by atomic mass is 9.61. The number of anilines is 5. The number of benzene rings is 7. The predicted molar refractivity (Wildman–Crippen MR) is 284 cm³/mol. The van der Waals surface area contributed by atoms with Crippen LogP contribution in [0.1, 0.15) is 92.3 Å². The summed E-state index contributed by atoms with van der Waals surface area (Å²) in [5.74, 6) is 0. The van der Waals surface area contributed by atoms with Crippen molar-refractivity contribution in [2.24, 2.45) is 0 Å². The molecule has 1 atom stereocenters. The average molecular weight is 911 g/mol. The smallest absolute Gasteiger partial charge is 0.115 e. The van der Waals surface area contributed by atoms with Crippen molar-refractivity contribution in [1.82, 2.24) is 0 Å². The van der Waals surface area contributed by atoms with Crippen molar-refractivity contribution in [3.63, 3.8) is 0 Å². The second kappa shape index (κ2) is 15.7. The summed E-state index contributed by atoms with van der Waals surface area (Å²) in [6.07, 6.45) is 11.7. The summed E-state index contributed by atoms with van der Waals surface area (Å²) in [7, 11) is 0. The Bertz CT molecular complexity index is 3330. The topological polar surface area (TPSA) is 15.3 Å². The number of hydrogen-bond acceptors (Lipinski definition) is 5. The van der Waals surface area contributed by atoms with Crippen LogP contribution < -0.4 is 10.2 Å². The first kappa shape index (κ1) is 41.7. The minimum absolute atomic E-state index is 0.0661. The van der Waals surface area contributed by atoms with Gasteiger partial charge in [-0.3, -0.25) is 4.90 Å². The third-order valence-corrected chi connectivity index (χ3v) is 18.6. The van der Waals surface area contributed by atoms with Gasteiger partial charge < -0.3 is 5.32 Å². The Labute approximate surface area is 402 Å². The fourth-order valence-corrected chi connectivity index (χ4v) is 15.0. The van der Waals surface area contributed by atoms with Gasteiger partial charge in [0.05, 0.1) is 27.4 Å². The molecule has 2 nitrogen and oxygen atoms in total. The highest BCUT2D eigenvalue weighted by atomic mass is 32.2. The van der Waals surface area contributed by atoms with E-state index in [1.807, 2.05) is 34.9 Å². The van der Waals surface area contributed by atoms with E-state index in [1.54, 1.807) is 0 Å². The second-order valence-corrected chi connectivity index (χ2v) is 23.1. The van der Waals surface area contributed by atoms with Crippen molar-refractivity contribution in [3.05, 3.63) is 208 Å². The van der Waals surface area contributed by atoms with Crippen molar-refractivity contribution in [2.75, 3.05) is 10.2 Å². The molecule has 4 aliphatic rings. The van der Waals surface area contributed by atoms with E-state index in [1.165, 1.54) is 120 Å². The van der Waals surface area contributed by atoms with Gasteiger partial charge in [-0.25, -0.2) is 0 Å². The van der Waals surface area contributed by atoms with E-state index >= 15 is 0 Å². The van der Waals surface area contributed by atoms with Gasteiger partial charge in [-0.05, 0) is 131 Å². The standard InChI is InChI=1S/C61H54N2S3/c1-38-20-13-17-30-53(38)64-42-35-45(43-26-19-28-47-55(43)62-50-29-16-15-27-46(50)61(47,40-21-9-7-10-22-40)41-23-11-8-12-24-41)56-52(36-42)63(58-57(66-56)44-25-14-18-31-54(44)65-58)51-37-49-48(34-39(51)2)59(3,4)32-33-60(49,5)6/h7,9-11,13-31,34-37,62H,8,12,32-33H2,1-6H3. The van der Waals surface area contributed by atoms with Crippen LogP contribution in [0.5, 0.6) is 0 Å². The third-order valence-electron chi connectivity index (χ3n) is 14.9. The van der Waals surface area contributed by atoms with Crippen LogP contribution in [0.2, 0.25) is 0 Å². The SMILES string of the molecule is Cc1ccccc1Sc1cc(-c2cccc3c2Nc2ccccc2C3(C2=CCCC=C2)c2ccccc2)c2c(c1)N(c1cc3c(cc1C)C(C)(C)CCC3(C)C)c1sc3ccccc3c1S2. The van der Waals surface area contributed by atoms with E-state index in [0.29, 0.717) is 0 Å². The predicted octanol–water partition coefficient (Wildman–Crippen LogP) is 18.3. The van der Waals surface area contributed by atoms with E-state index in [-0.39, 0.29) is 10.8 Å². The maximum atomic E-state index is 4.12. The van der Waals surface area contributed by atoms with Gasteiger partial charge in [0, 0.05) is 41.6 Å². The summed E-state index contributed by atoms with van der Waals surface area (Å²) >= 11 is 5.77. The Morgan fingerprint density at radius 2 is 1.33 bits per heavy atom. The number of aryl methyl sites for hydroxylation is 2. The zero-order chi connectivity index (χ0) is 45.0. The van der Waals surface area contributed by atoms with Crippen LogP contribution in [-0.2, 0) is 16.2 Å². The molecule has 8 aromatic rings. The molecule has 3 heterocycles. The molecule has 326 valence electrons. The molecule has 1 N–H and O–H groups in total. The van der Waals surface area contributed by atoms with E-state index in [2.05, 4.69) is 216 Å². The maximum absolute atomic E-state index is 4.12. The molecule has 2 aliphatic heterocycles. The number of para-hydroxylation sites is 2. The average Bonchev–Trinajstić information content (AvgIpc) is 3.71. The number of fused-ring (bicyclic) bond motifs is 7. The fraction of sp³-hybridized carbons (Fsp3) is 0.213. The molecule has 0 bridgehead atoms. The molecule has 0 spiro atoms. The highest BCUT2D eigenvalue weighted by Gasteiger charge is 2.46. The molecule has 0 saturated carbocycles. The minimum Gasteiger partial charge on any atom is -0.354 e. The lowest BCUT2D eigenvalue weighted by Gasteiger charge is -2.44. The van der Waals surface area contributed by atoms with Gasteiger partial charge in [-0.1, -0.05) is 179 Å². The number of thiophene rings is 1. The van der Waals surface area contributed by atoms with Crippen molar-refractivity contribution < 1.29 is 0 Å². The number of hydrogen-bond donors (Lipinski definition) is 1. The van der Waals surface area contributed by atoms with Gasteiger partial charge in [0.25, 0.3) is 0 Å². The molecule has 7 aromatic carbocycles. The molecule has 0 saturated heterocycles. The Hall–Kier alpha value is -5.72. The molecular formula is C61H54N2S3. The monoisotopic (exact) mass is 910 g/mol. The molecule has 2 aliphatic carbocycles. The lowest BCUT2D eigenvalue weighted by Crippen LogP contribution is -2.36. The zero-order valence-electron chi connectivity index (χ0n) is 38.6. The Morgan fingerprint density at radius 1 is 0.606 bits per heavy atom. The Morgan fingerprint density at radius 3 is 2.14 bits per heavy atom. The van der Waals surface area contributed by atoms with E-state index < -0.39 is 5.41 Å². The van der Waals surface area contributed by atoms with Crippen LogP contribution in [-0.4, -0.2) is 0 Å². The highest BCUT2D eigenvalue weighted by molar-refractivity contribution is 8.00. The van der Waals surface area contributed by atoms with Crippen LogP contribution >= 0.6 is 34.9 Å². The molecule has 66 heavy (non-hydrogen) atoms. The summed E-state index contributed by atoms with van der Waals surface area (Å²) in [5, 5.41) is 6.74. The van der Waals surface area contributed by atoms with Gasteiger partial charge in [-0.15, -0.1) is 11.3 Å². The van der Waals surface area contributed by atoms with Gasteiger partial charge in [0.15, 0.2) is 0 Å². The van der Waals surface area contributed by atoms with Crippen molar-refractivity contribution in [2.45, 2.75) is 103 Å². The molecular weight excluding hydrogens is 857 g/mol. The fourth-order valence-electron chi connectivity index (χ4n) is 11.4. The minimum atomic E-state index is -0.518. The van der Waals surface area contributed by atoms with Crippen LogP contribution in [0.4, 0.5) is 27.8 Å². The van der Waals surface area contributed by atoms with Crippen LogP contribution in [0.25, 0.3) is 21.2 Å². The van der Waals surface area contributed by atoms with Gasteiger partial charge >= 0.3 is 0 Å². The van der Waals surface area contributed by atoms with Gasteiger partial charge in [-0.2, -0.15) is 0 Å². The summed E-state index contributed by atoms with van der Waals surface area (Å²) < 4.78 is 1.32. The van der Waals surface area contributed by atoms with Crippen LogP contribution in [0, 0.1) is 13.8 Å². The summed E-state index contributed by atoms with van der Waals surface area (Å²) in [5.41, 5.74) is 17.7. The molecule has 0 radical (unpaired) electrons. The van der Waals surface area contributed by atoms with Crippen molar-refractivity contribution in [1.29, 1.82) is 0 Å². The second-order valence-electron chi connectivity index (χ2n) is 20.0. The van der Waals surface area contributed by atoms with Crippen LogP contribution in [0.15, 0.2) is 189 Å². The Balaban J connectivity index is 1.17. The quantitative estimate of drug-likeness (QED) is 0.179. The largest absolute Gasteiger partial charge is 0.354 e. The first-order chi connectivity index (χ1) is 32.0. The number of nitrogens with one attached hydrogen (secondary N) is 1. The maximum Gasteiger partial charge on any atom is 0.115 e. The molecule has 0 amide bonds. The summed E-state index contributed by atoms with van der Waals surface area (Å²) in [6.45, 7) is 14.4. The van der Waals surface area contributed by atoms with Crippen molar-refractivity contribution in [3.8, 4) is 11.1 Å². The summed E-state index contributed by atoms with van der Waals surface area (Å²) in [4.78, 5) is 7.78. The number of nitrogens with zero attached hydrogens (tertiary/aromatic N) is 1. The molecule has 1 aromatic heterocycles. The highest BCUT2D eigenvalue weighted by Crippen LogP contribution is 2.63. The lowest BCUT2D eigenvalue weighted by molar-refractivity contribution is 0.332. The van der Waals surface area contributed by atoms with E-state index in [0.717, 1.165) is 18.5 Å². The molecule has 12 rings (SSSR count). The van der Waals surface area contributed by atoms with E-state index in [9.17, 15) is 0 Å². The number of allylic oxidation sites excluding steroid dienone is 4. The molecule has 0 fully saturated rings. The normalized spacial score (nSPS) is 18.6. The zero-order valence-corrected chi connectivity index (χ0v) is 41.0. The van der Waals surface area contributed by atoms with Crippen LogP contribution in [0.3, 0.4) is 0 Å². The van der Waals surface area contributed by atoms with Gasteiger partial charge in [0.2, 0.25) is 0 Å². The Kier molecular flexibility index (Phi) is 9.91. The third kappa shape index (κ3) is 6.44. The first-order valence-corrected chi connectivity index (χ1v) is 26.0. The van der Waals surface area contributed by atoms with Gasteiger partial charge in [0.1, 0.15) is 5.00 Å². The van der Waals surface area contributed by atoms with E-state index in [4.69, 9.17) is 0 Å².